The van der Waals surface area contributed by atoms with Crippen LogP contribution in [0.2, 0.25) is 0 Å². The molecule has 1 aromatic rings. The minimum atomic E-state index is -0.493. The van der Waals surface area contributed by atoms with E-state index in [1.807, 2.05) is 0 Å². The van der Waals surface area contributed by atoms with Crippen LogP contribution in [0.25, 0.3) is 0 Å². The summed E-state index contributed by atoms with van der Waals surface area (Å²) in [4.78, 5) is 35.1. The molecular formula is C16H23N3O6. The van der Waals surface area contributed by atoms with Crippen molar-refractivity contribution in [3.05, 3.63) is 17.7 Å². The standard InChI is InChI=1S/C16H23N3O6/c1-5-17-13(20)8-18-14(21)9-19-16(22)10-6-11(23-2)15(25-4)12(7-10)24-3/h6-7H,5,8-9H2,1-4H3,(H,17,20)(H,18,21)(H,19,22). The molecule has 138 valence electrons. The molecule has 0 heterocycles. The van der Waals surface area contributed by atoms with E-state index >= 15 is 0 Å². The van der Waals surface area contributed by atoms with E-state index < -0.39 is 11.8 Å². The van der Waals surface area contributed by atoms with Crippen molar-refractivity contribution in [1.82, 2.24) is 16.0 Å². The fourth-order valence-electron chi connectivity index (χ4n) is 1.98. The van der Waals surface area contributed by atoms with Gasteiger partial charge in [-0.25, -0.2) is 0 Å². The first-order valence-corrected chi connectivity index (χ1v) is 7.58. The van der Waals surface area contributed by atoms with Gasteiger partial charge in [0.2, 0.25) is 17.6 Å². The molecule has 0 unspecified atom stereocenters. The summed E-state index contributed by atoms with van der Waals surface area (Å²) in [7, 11) is 4.33. The first-order valence-electron chi connectivity index (χ1n) is 7.58. The molecule has 0 aliphatic rings. The van der Waals surface area contributed by atoms with Crippen LogP contribution < -0.4 is 30.2 Å². The Morgan fingerprint density at radius 2 is 1.36 bits per heavy atom. The lowest BCUT2D eigenvalue weighted by molar-refractivity contribution is -0.125. The van der Waals surface area contributed by atoms with E-state index in [1.54, 1.807) is 6.92 Å². The lowest BCUT2D eigenvalue weighted by atomic mass is 10.1. The third-order valence-electron chi connectivity index (χ3n) is 3.16. The second kappa shape index (κ2) is 10.0. The molecule has 0 atom stereocenters. The Kier molecular flexibility index (Phi) is 8.04. The van der Waals surface area contributed by atoms with Crippen LogP contribution in [0.5, 0.6) is 17.2 Å². The van der Waals surface area contributed by atoms with Crippen LogP contribution in [0, 0.1) is 0 Å². The van der Waals surface area contributed by atoms with Gasteiger partial charge in [0.25, 0.3) is 5.91 Å². The van der Waals surface area contributed by atoms with Gasteiger partial charge >= 0.3 is 0 Å². The van der Waals surface area contributed by atoms with Gasteiger partial charge in [-0.3, -0.25) is 14.4 Å². The highest BCUT2D eigenvalue weighted by atomic mass is 16.5. The van der Waals surface area contributed by atoms with Crippen LogP contribution in [0.4, 0.5) is 0 Å². The van der Waals surface area contributed by atoms with E-state index in [4.69, 9.17) is 14.2 Å². The van der Waals surface area contributed by atoms with Crippen LogP contribution in [0.1, 0.15) is 17.3 Å². The van der Waals surface area contributed by atoms with Gasteiger partial charge in [-0.15, -0.1) is 0 Å². The third kappa shape index (κ3) is 5.87. The molecular weight excluding hydrogens is 330 g/mol. The maximum absolute atomic E-state index is 12.2. The summed E-state index contributed by atoms with van der Waals surface area (Å²) in [5.74, 6) is -0.257. The van der Waals surface area contributed by atoms with Crippen LogP contribution in [0.3, 0.4) is 0 Å². The fraction of sp³-hybridized carbons (Fsp3) is 0.438. The number of likely N-dealkylation sites (N-methyl/N-ethyl adjacent to an activating group) is 1. The third-order valence-corrected chi connectivity index (χ3v) is 3.16. The highest BCUT2D eigenvalue weighted by Gasteiger charge is 2.17. The highest BCUT2D eigenvalue weighted by Crippen LogP contribution is 2.38. The summed E-state index contributed by atoms with van der Waals surface area (Å²) < 4.78 is 15.5. The van der Waals surface area contributed by atoms with Gasteiger partial charge in [0.05, 0.1) is 34.4 Å². The second-order valence-electron chi connectivity index (χ2n) is 4.83. The van der Waals surface area contributed by atoms with Gasteiger partial charge in [-0.05, 0) is 19.1 Å². The number of hydrogen-bond acceptors (Lipinski definition) is 6. The maximum atomic E-state index is 12.2. The molecule has 0 radical (unpaired) electrons. The summed E-state index contributed by atoms with van der Waals surface area (Å²) in [6.45, 7) is 1.84. The topological polar surface area (TPSA) is 115 Å². The average Bonchev–Trinajstić information content (AvgIpc) is 2.63. The Morgan fingerprint density at radius 3 is 1.84 bits per heavy atom. The number of nitrogens with one attached hydrogen (secondary N) is 3. The molecule has 0 aromatic heterocycles. The zero-order chi connectivity index (χ0) is 18.8. The Bertz CT molecular complexity index is 607. The van der Waals surface area contributed by atoms with E-state index in [0.717, 1.165) is 0 Å². The minimum absolute atomic E-state index is 0.146. The molecule has 1 rings (SSSR count). The summed E-state index contributed by atoms with van der Waals surface area (Å²) in [5, 5.41) is 7.41. The van der Waals surface area contributed by atoms with Gasteiger partial charge in [-0.1, -0.05) is 0 Å². The molecule has 0 fully saturated rings. The van der Waals surface area contributed by atoms with Gasteiger partial charge in [0.15, 0.2) is 11.5 Å². The van der Waals surface area contributed by atoms with Crippen molar-refractivity contribution < 1.29 is 28.6 Å². The average molecular weight is 353 g/mol. The van der Waals surface area contributed by atoms with Crippen LogP contribution >= 0.6 is 0 Å². The molecule has 9 heteroatoms. The second-order valence-corrected chi connectivity index (χ2v) is 4.83. The van der Waals surface area contributed by atoms with Crippen LogP contribution in [-0.4, -0.2) is 58.7 Å². The van der Waals surface area contributed by atoms with Crippen molar-refractivity contribution >= 4 is 17.7 Å². The van der Waals surface area contributed by atoms with Crippen molar-refractivity contribution in [1.29, 1.82) is 0 Å². The summed E-state index contributed by atoms with van der Waals surface area (Å²) in [6.07, 6.45) is 0. The molecule has 0 saturated heterocycles. The number of carbonyl (C=O) groups excluding carboxylic acids is 3. The summed E-state index contributed by atoms with van der Waals surface area (Å²) in [5.41, 5.74) is 0.242. The van der Waals surface area contributed by atoms with E-state index in [2.05, 4.69) is 16.0 Å². The lowest BCUT2D eigenvalue weighted by Crippen LogP contribution is -2.41. The molecule has 0 bridgehead atoms. The Hall–Kier alpha value is -2.97. The molecule has 0 saturated carbocycles. The molecule has 3 N–H and O–H groups in total. The fourth-order valence-corrected chi connectivity index (χ4v) is 1.98. The summed E-state index contributed by atoms with van der Waals surface area (Å²) >= 11 is 0. The predicted octanol–water partition coefficient (Wildman–Crippen LogP) is -0.305. The van der Waals surface area contributed by atoms with E-state index in [9.17, 15) is 14.4 Å². The van der Waals surface area contributed by atoms with Crippen LogP contribution in [0.15, 0.2) is 12.1 Å². The van der Waals surface area contributed by atoms with Crippen molar-refractivity contribution in [2.75, 3.05) is 41.0 Å². The van der Waals surface area contributed by atoms with Gasteiger partial charge in [0, 0.05) is 12.1 Å². The Morgan fingerprint density at radius 1 is 0.840 bits per heavy atom. The first kappa shape index (κ1) is 20.1. The molecule has 0 spiro atoms. The van der Waals surface area contributed by atoms with Gasteiger partial charge in [-0.2, -0.15) is 0 Å². The van der Waals surface area contributed by atoms with E-state index in [-0.39, 0.29) is 24.6 Å². The number of rotatable bonds is 9. The number of amides is 3. The van der Waals surface area contributed by atoms with Crippen molar-refractivity contribution in [2.45, 2.75) is 6.92 Å². The highest BCUT2D eigenvalue weighted by molar-refractivity contribution is 5.98. The molecule has 0 aliphatic heterocycles. The smallest absolute Gasteiger partial charge is 0.251 e. The van der Waals surface area contributed by atoms with Crippen molar-refractivity contribution in [3.63, 3.8) is 0 Å². The Labute approximate surface area is 146 Å². The van der Waals surface area contributed by atoms with Crippen molar-refractivity contribution in [2.24, 2.45) is 0 Å². The molecule has 3 amide bonds. The number of carbonyl (C=O) groups is 3. The van der Waals surface area contributed by atoms with Crippen molar-refractivity contribution in [3.8, 4) is 17.2 Å². The lowest BCUT2D eigenvalue weighted by Gasteiger charge is -2.14. The first-order chi connectivity index (χ1) is 12.0. The van der Waals surface area contributed by atoms with E-state index in [0.29, 0.717) is 23.8 Å². The molecule has 0 aliphatic carbocycles. The number of ether oxygens (including phenoxy) is 3. The maximum Gasteiger partial charge on any atom is 0.251 e. The zero-order valence-electron chi connectivity index (χ0n) is 14.7. The summed E-state index contributed by atoms with van der Waals surface area (Å²) in [6, 6.07) is 2.95. The Balaban J connectivity index is 2.68. The van der Waals surface area contributed by atoms with Gasteiger partial charge in [0.1, 0.15) is 0 Å². The SMILES string of the molecule is CCNC(=O)CNC(=O)CNC(=O)c1cc(OC)c(OC)c(OC)c1. The quantitative estimate of drug-likeness (QED) is 0.561. The zero-order valence-corrected chi connectivity index (χ0v) is 14.7. The monoisotopic (exact) mass is 353 g/mol. The minimum Gasteiger partial charge on any atom is -0.493 e. The predicted molar refractivity (Wildman–Crippen MR) is 90.1 cm³/mol. The van der Waals surface area contributed by atoms with Crippen LogP contribution in [-0.2, 0) is 9.59 Å². The number of hydrogen-bond donors (Lipinski definition) is 3. The van der Waals surface area contributed by atoms with E-state index in [1.165, 1.54) is 33.5 Å². The largest absolute Gasteiger partial charge is 0.493 e. The number of methoxy groups -OCH3 is 3. The molecule has 25 heavy (non-hydrogen) atoms. The van der Waals surface area contributed by atoms with Gasteiger partial charge < -0.3 is 30.2 Å². The molecule has 9 nitrogen and oxygen atoms in total. The number of benzene rings is 1. The normalized spacial score (nSPS) is 9.76. The molecule has 1 aromatic carbocycles.